The lowest BCUT2D eigenvalue weighted by Gasteiger charge is -2.19. The highest BCUT2D eigenvalue weighted by molar-refractivity contribution is 6.42. The summed E-state index contributed by atoms with van der Waals surface area (Å²) >= 11 is 5.96. The molecule has 102 valence electrons. The molecule has 0 unspecified atom stereocenters. The van der Waals surface area contributed by atoms with Gasteiger partial charge in [0, 0.05) is 26.4 Å². The maximum Gasteiger partial charge on any atom is 0.288 e. The number of methoxy groups -OCH3 is 1. The van der Waals surface area contributed by atoms with E-state index in [1.165, 1.54) is 13.2 Å². The van der Waals surface area contributed by atoms with Crippen LogP contribution in [0.5, 0.6) is 5.88 Å². The quantitative estimate of drug-likeness (QED) is 0.508. The first-order valence-electron chi connectivity index (χ1n) is 5.18. The molecule has 0 aliphatic heterocycles. The summed E-state index contributed by atoms with van der Waals surface area (Å²) in [6, 6.07) is 1.31. The first-order chi connectivity index (χ1) is 8.92. The summed E-state index contributed by atoms with van der Waals surface area (Å²) < 4.78 is 5.08. The van der Waals surface area contributed by atoms with Crippen molar-refractivity contribution in [2.75, 3.05) is 21.2 Å². The lowest BCUT2D eigenvalue weighted by molar-refractivity contribution is -0.385. The number of pyridine rings is 1. The lowest BCUT2D eigenvalue weighted by atomic mass is 10.1. The molecule has 0 saturated heterocycles. The minimum atomic E-state index is -0.554. The molecule has 0 fully saturated rings. The van der Waals surface area contributed by atoms with Crippen LogP contribution < -0.4 is 4.74 Å². The van der Waals surface area contributed by atoms with E-state index in [2.05, 4.69) is 4.98 Å². The molecule has 1 heterocycles. The second-order valence-corrected chi connectivity index (χ2v) is 4.15. The number of ether oxygens (including phenoxy) is 1. The normalized spacial score (nSPS) is 11.6. The maximum atomic E-state index is 10.8. The number of hydrogen-bond donors (Lipinski definition) is 1. The highest BCUT2D eigenvalue weighted by Gasteiger charge is 2.19. The highest BCUT2D eigenvalue weighted by Crippen LogP contribution is 2.31. The van der Waals surface area contributed by atoms with Gasteiger partial charge in [-0.05, 0) is 0 Å². The zero-order chi connectivity index (χ0) is 14.6. The zero-order valence-corrected chi connectivity index (χ0v) is 11.4. The van der Waals surface area contributed by atoms with Crippen molar-refractivity contribution in [3.63, 3.8) is 0 Å². The van der Waals surface area contributed by atoms with Crippen LogP contribution in [0, 0.1) is 15.5 Å². The summed E-state index contributed by atoms with van der Waals surface area (Å²) in [6.45, 7) is 0. The van der Waals surface area contributed by atoms with Crippen LogP contribution >= 0.6 is 11.6 Å². The molecule has 1 aromatic heterocycles. The molecule has 0 aromatic carbocycles. The Hall–Kier alpha value is -2.15. The summed E-state index contributed by atoms with van der Waals surface area (Å²) in [5.41, 5.74) is 0.601. The van der Waals surface area contributed by atoms with Crippen LogP contribution in [0.4, 0.5) is 5.69 Å². The predicted molar refractivity (Wildman–Crippen MR) is 72.7 cm³/mol. The Morgan fingerprint density at radius 1 is 1.63 bits per heavy atom. The van der Waals surface area contributed by atoms with Crippen molar-refractivity contribution >= 4 is 29.2 Å². The van der Waals surface area contributed by atoms with E-state index in [0.29, 0.717) is 11.3 Å². The van der Waals surface area contributed by atoms with Crippen molar-refractivity contribution < 1.29 is 9.66 Å². The Balaban J connectivity index is 3.57. The number of nitrogens with one attached hydrogen (secondary N) is 1. The number of nitrogens with zero attached hydrogens (tertiary/aromatic N) is 3. The van der Waals surface area contributed by atoms with Gasteiger partial charge < -0.3 is 15.0 Å². The van der Waals surface area contributed by atoms with Crippen molar-refractivity contribution in [2.24, 2.45) is 0 Å². The van der Waals surface area contributed by atoms with Gasteiger partial charge in [-0.25, -0.2) is 4.98 Å². The molecule has 0 bridgehead atoms. The summed E-state index contributed by atoms with van der Waals surface area (Å²) in [4.78, 5) is 15.8. The van der Waals surface area contributed by atoms with Crippen molar-refractivity contribution in [1.82, 2.24) is 9.88 Å². The zero-order valence-electron chi connectivity index (χ0n) is 10.7. The number of hydrogen-bond acceptors (Lipinski definition) is 6. The summed E-state index contributed by atoms with van der Waals surface area (Å²) in [5, 5.41) is 18.1. The van der Waals surface area contributed by atoms with E-state index in [1.54, 1.807) is 19.0 Å². The number of aromatic nitrogens is 1. The van der Waals surface area contributed by atoms with Gasteiger partial charge in [0.2, 0.25) is 5.88 Å². The number of halogens is 1. The molecule has 0 atom stereocenters. The van der Waals surface area contributed by atoms with E-state index in [9.17, 15) is 10.1 Å². The number of rotatable bonds is 5. The standard InChI is InChI=1S/C11H13ClN4O3/c1-15(2)10(9(12)5-13)8-4-7(16(17)18)6-14-11(8)19-3/h4-6,13H,1-3H3/b10-9+,13-5?. The molecule has 1 N–H and O–H groups in total. The molecular formula is C11H13ClN4O3. The maximum absolute atomic E-state index is 10.8. The van der Waals surface area contributed by atoms with E-state index in [-0.39, 0.29) is 16.6 Å². The number of nitro groups is 1. The Bertz CT molecular complexity index is 543. The largest absolute Gasteiger partial charge is 0.481 e. The Labute approximate surface area is 115 Å². The monoisotopic (exact) mass is 284 g/mol. The smallest absolute Gasteiger partial charge is 0.288 e. The fourth-order valence-corrected chi connectivity index (χ4v) is 1.80. The molecule has 1 aromatic rings. The van der Waals surface area contributed by atoms with Crippen LogP contribution in [0.2, 0.25) is 0 Å². The summed E-state index contributed by atoms with van der Waals surface area (Å²) in [7, 11) is 4.82. The van der Waals surface area contributed by atoms with Crippen LogP contribution in [0.25, 0.3) is 5.70 Å². The van der Waals surface area contributed by atoms with Crippen LogP contribution in [0.3, 0.4) is 0 Å². The van der Waals surface area contributed by atoms with Gasteiger partial charge in [-0.2, -0.15) is 0 Å². The van der Waals surface area contributed by atoms with E-state index < -0.39 is 4.92 Å². The fraction of sp³-hybridized carbons (Fsp3) is 0.273. The second kappa shape index (κ2) is 6.14. The SMILES string of the molecule is COc1ncc([N+](=O)[O-])cc1/C(=C(\Cl)C=N)N(C)C. The van der Waals surface area contributed by atoms with Gasteiger partial charge in [-0.1, -0.05) is 11.6 Å². The van der Waals surface area contributed by atoms with E-state index in [4.69, 9.17) is 21.7 Å². The third-order valence-electron chi connectivity index (χ3n) is 2.30. The first kappa shape index (κ1) is 14.9. The fourth-order valence-electron chi connectivity index (χ4n) is 1.52. The molecule has 0 aliphatic carbocycles. The third-order valence-corrected chi connectivity index (χ3v) is 2.58. The van der Waals surface area contributed by atoms with Crippen molar-refractivity contribution in [3.05, 3.63) is 33.0 Å². The third kappa shape index (κ3) is 3.19. The molecule has 0 saturated carbocycles. The van der Waals surface area contributed by atoms with Gasteiger partial charge in [0.1, 0.15) is 6.20 Å². The lowest BCUT2D eigenvalue weighted by Crippen LogP contribution is -2.13. The minimum absolute atomic E-state index is 0.130. The highest BCUT2D eigenvalue weighted by atomic mass is 35.5. The molecule has 0 spiro atoms. The summed E-state index contributed by atoms with van der Waals surface area (Å²) in [5.74, 6) is 0.203. The van der Waals surface area contributed by atoms with Gasteiger partial charge in [0.25, 0.3) is 5.69 Å². The molecule has 8 heteroatoms. The molecular weight excluding hydrogens is 272 g/mol. The van der Waals surface area contributed by atoms with Gasteiger partial charge >= 0.3 is 0 Å². The van der Waals surface area contributed by atoms with Crippen LogP contribution in [0.1, 0.15) is 5.56 Å². The van der Waals surface area contributed by atoms with Gasteiger partial charge in [0.05, 0.1) is 28.3 Å². The molecule has 19 heavy (non-hydrogen) atoms. The Kier molecular flexibility index (Phi) is 4.82. The number of allylic oxidation sites excluding steroid dienone is 1. The first-order valence-corrected chi connectivity index (χ1v) is 5.56. The van der Waals surface area contributed by atoms with Gasteiger partial charge in [-0.3, -0.25) is 10.1 Å². The van der Waals surface area contributed by atoms with Crippen molar-refractivity contribution in [1.29, 1.82) is 5.41 Å². The van der Waals surface area contributed by atoms with Crippen LogP contribution in [-0.4, -0.2) is 42.2 Å². The molecule has 0 aliphatic rings. The topological polar surface area (TPSA) is 92.4 Å². The van der Waals surface area contributed by atoms with Crippen molar-refractivity contribution in [2.45, 2.75) is 0 Å². The average molecular weight is 285 g/mol. The second-order valence-electron chi connectivity index (χ2n) is 3.74. The summed E-state index contributed by atoms with van der Waals surface area (Å²) in [6.07, 6.45) is 2.06. The van der Waals surface area contributed by atoms with E-state index in [0.717, 1.165) is 12.4 Å². The van der Waals surface area contributed by atoms with Gasteiger partial charge in [0.15, 0.2) is 0 Å². The molecule has 1 rings (SSSR count). The molecule has 0 radical (unpaired) electrons. The van der Waals surface area contributed by atoms with E-state index in [1.807, 2.05) is 0 Å². The minimum Gasteiger partial charge on any atom is -0.481 e. The Morgan fingerprint density at radius 3 is 2.68 bits per heavy atom. The van der Waals surface area contributed by atoms with Crippen LogP contribution in [-0.2, 0) is 0 Å². The van der Waals surface area contributed by atoms with E-state index >= 15 is 0 Å². The van der Waals surface area contributed by atoms with Crippen molar-refractivity contribution in [3.8, 4) is 5.88 Å². The van der Waals surface area contributed by atoms with Gasteiger partial charge in [-0.15, -0.1) is 0 Å². The Morgan fingerprint density at radius 2 is 2.26 bits per heavy atom. The average Bonchev–Trinajstić information content (AvgIpc) is 2.38. The van der Waals surface area contributed by atoms with Crippen LogP contribution in [0.15, 0.2) is 17.3 Å². The molecule has 7 nitrogen and oxygen atoms in total. The predicted octanol–water partition coefficient (Wildman–Crippen LogP) is 2.12. The molecule has 0 amide bonds.